The third-order valence-electron chi connectivity index (χ3n) is 7.73. The van der Waals surface area contributed by atoms with Gasteiger partial charge in [-0.3, -0.25) is 13.9 Å². The quantitative estimate of drug-likeness (QED) is 0.253. The molecule has 4 rings (SSSR count). The van der Waals surface area contributed by atoms with Crippen molar-refractivity contribution in [3.8, 4) is 0 Å². The Kier molecular flexibility index (Phi) is 17.2. The Bertz CT molecular complexity index is 1440. The predicted octanol–water partition coefficient (Wildman–Crippen LogP) is -2.39. The van der Waals surface area contributed by atoms with Crippen LogP contribution in [0.3, 0.4) is 0 Å². The van der Waals surface area contributed by atoms with Crippen molar-refractivity contribution >= 4 is 48.7 Å². The van der Waals surface area contributed by atoms with Crippen LogP contribution in [0.1, 0.15) is 58.5 Å². The summed E-state index contributed by atoms with van der Waals surface area (Å²) in [5.74, 6) is 0. The molecule has 0 unspecified atom stereocenters. The van der Waals surface area contributed by atoms with Crippen LogP contribution in [-0.4, -0.2) is 40.0 Å². The van der Waals surface area contributed by atoms with Crippen molar-refractivity contribution in [3.05, 3.63) is 61.3 Å². The Morgan fingerprint density at radius 1 is 1.02 bits per heavy atom. The van der Waals surface area contributed by atoms with Crippen LogP contribution < -0.4 is 159 Å². The number of aromatic nitrogens is 4. The number of para-hydroxylation sites is 2. The van der Waals surface area contributed by atoms with Crippen LogP contribution in [-0.2, 0) is 11.0 Å². The van der Waals surface area contributed by atoms with E-state index < -0.39 is 14.5 Å². The smallest absolute Gasteiger partial charge is 0.652 e. The fourth-order valence-electron chi connectivity index (χ4n) is 4.66. The molecule has 0 spiro atoms. The summed E-state index contributed by atoms with van der Waals surface area (Å²) < 4.78 is 11.6. The van der Waals surface area contributed by atoms with Crippen LogP contribution in [0.4, 0.5) is 4.79 Å². The average Bonchev–Trinajstić information content (AvgIpc) is 3.13. The van der Waals surface area contributed by atoms with E-state index in [1.54, 1.807) is 0 Å². The van der Waals surface area contributed by atoms with Gasteiger partial charge in [-0.15, -0.1) is 0 Å². The number of rotatable bonds is 6. The van der Waals surface area contributed by atoms with Crippen LogP contribution >= 0.6 is 23.2 Å². The first-order valence-electron chi connectivity index (χ1n) is 12.8. The van der Waals surface area contributed by atoms with Crippen LogP contribution in [0.2, 0.25) is 28.2 Å². The minimum atomic E-state index is -2.33. The van der Waals surface area contributed by atoms with E-state index in [-0.39, 0.29) is 176 Å². The molecule has 0 N–H and O–H groups in total. The zero-order chi connectivity index (χ0) is 29.1. The van der Waals surface area contributed by atoms with Gasteiger partial charge in [0.1, 0.15) is 5.02 Å². The van der Waals surface area contributed by atoms with Crippen molar-refractivity contribution in [1.29, 1.82) is 0 Å². The Balaban J connectivity index is 0.00000131. The third kappa shape index (κ3) is 10.2. The van der Waals surface area contributed by atoms with Crippen molar-refractivity contribution in [3.63, 3.8) is 0 Å². The molecule has 0 atom stereocenters. The standard InChI is InChI=1S/C25H34Cl2N4O3Si.CH2O3.2Cs/c1-25(2,3)35(4,5)34-15-14-29-20-8-6-7-9-21(20)30(24(29)33)17-10-12-18(13-11-17)31-23(32)22(27)19(26)16-28-31;2-1(3)4;;/h6-9,16-18H,10-15H2,1-5H3;(H2,2,3,4);;/q;;2*+1/p-2/t17-,18-;;;. The number of carboxylic acid groups (broad SMARTS) is 2. The molecule has 2 heterocycles. The normalized spacial score (nSPS) is 17.1. The molecule has 0 radical (unpaired) electrons. The fraction of sp³-hybridized carbons (Fsp3) is 0.538. The van der Waals surface area contributed by atoms with E-state index in [2.05, 4.69) is 39.0 Å². The van der Waals surface area contributed by atoms with Gasteiger partial charge in [-0.2, -0.15) is 5.10 Å². The van der Waals surface area contributed by atoms with E-state index in [9.17, 15) is 9.59 Å². The monoisotopic (exact) mass is 862 g/mol. The third-order valence-corrected chi connectivity index (χ3v) is 13.0. The van der Waals surface area contributed by atoms with Gasteiger partial charge in [0.15, 0.2) is 8.32 Å². The molecule has 10 nitrogen and oxygen atoms in total. The van der Waals surface area contributed by atoms with E-state index in [0.717, 1.165) is 36.7 Å². The van der Waals surface area contributed by atoms with E-state index in [0.29, 0.717) is 13.2 Å². The molecule has 214 valence electrons. The molecule has 0 saturated heterocycles. The number of halogens is 2. The van der Waals surface area contributed by atoms with Gasteiger partial charge in [0.05, 0.1) is 34.9 Å². The van der Waals surface area contributed by atoms with Gasteiger partial charge in [0, 0.05) is 12.6 Å². The van der Waals surface area contributed by atoms with Crippen LogP contribution in [0.5, 0.6) is 0 Å². The van der Waals surface area contributed by atoms with E-state index in [4.69, 9.17) is 42.6 Å². The first-order chi connectivity index (χ1) is 18.2. The molecule has 1 aromatic carbocycles. The molecule has 0 aliphatic heterocycles. The molecule has 0 amide bonds. The van der Waals surface area contributed by atoms with Gasteiger partial charge in [-0.05, 0) is 62.1 Å². The van der Waals surface area contributed by atoms with Crippen molar-refractivity contribution in [1.82, 2.24) is 18.9 Å². The molecule has 1 aliphatic carbocycles. The number of imidazole rings is 1. The second kappa shape index (κ2) is 17.4. The predicted molar refractivity (Wildman–Crippen MR) is 150 cm³/mol. The molecule has 1 saturated carbocycles. The summed E-state index contributed by atoms with van der Waals surface area (Å²) in [6.45, 7) is 12.1. The van der Waals surface area contributed by atoms with Crippen molar-refractivity contribution in [2.45, 2.75) is 83.2 Å². The minimum absolute atomic E-state index is 0. The molecule has 0 bridgehead atoms. The first kappa shape index (κ1) is 40.5. The number of carbonyl (C=O) groups excluding carboxylic acids is 1. The van der Waals surface area contributed by atoms with Crippen LogP contribution in [0, 0.1) is 0 Å². The van der Waals surface area contributed by atoms with Crippen LogP contribution in [0.15, 0.2) is 40.1 Å². The maximum absolute atomic E-state index is 13.6. The number of carbonyl (C=O) groups is 1. The number of hydrogen-bond donors (Lipinski definition) is 0. The van der Waals surface area contributed by atoms with E-state index >= 15 is 0 Å². The second-order valence-corrected chi connectivity index (χ2v) is 16.8. The van der Waals surface area contributed by atoms with Gasteiger partial charge < -0.3 is 19.4 Å². The number of nitrogens with zero attached hydrogens (tertiary/aromatic N) is 4. The van der Waals surface area contributed by atoms with Crippen molar-refractivity contribution < 1.29 is 157 Å². The number of benzene rings is 1. The van der Waals surface area contributed by atoms with Crippen molar-refractivity contribution in [2.75, 3.05) is 6.61 Å². The minimum Gasteiger partial charge on any atom is -0.652 e. The molecule has 1 fully saturated rings. The van der Waals surface area contributed by atoms with Crippen molar-refractivity contribution in [2.24, 2.45) is 0 Å². The summed E-state index contributed by atoms with van der Waals surface area (Å²) in [5.41, 5.74) is 1.51. The summed E-state index contributed by atoms with van der Waals surface area (Å²) in [4.78, 5) is 34.5. The molecule has 3 aromatic rings. The topological polar surface area (TPSA) is 134 Å². The fourth-order valence-corrected chi connectivity index (χ4v) is 5.95. The van der Waals surface area contributed by atoms with E-state index in [1.165, 1.54) is 10.9 Å². The first-order valence-corrected chi connectivity index (χ1v) is 16.5. The molecule has 41 heavy (non-hydrogen) atoms. The van der Waals surface area contributed by atoms with Crippen LogP contribution in [0.25, 0.3) is 11.0 Å². The van der Waals surface area contributed by atoms with Gasteiger partial charge in [-0.25, -0.2) is 9.48 Å². The summed E-state index contributed by atoms with van der Waals surface area (Å²) >= 11 is 12.0. The Hall–Kier alpha value is 1.50. The van der Waals surface area contributed by atoms with E-state index in [1.807, 2.05) is 33.4 Å². The molecular formula is C26H34Cl2Cs2N4O6Si. The maximum atomic E-state index is 13.6. The number of hydrogen-bond acceptors (Lipinski definition) is 7. The molecule has 1 aliphatic rings. The maximum Gasteiger partial charge on any atom is 1.00 e. The Labute approximate surface area is 368 Å². The molecule has 2 aromatic heterocycles. The van der Waals surface area contributed by atoms with Gasteiger partial charge in [0.2, 0.25) is 0 Å². The second-order valence-electron chi connectivity index (χ2n) is 11.2. The van der Waals surface area contributed by atoms with Gasteiger partial charge in [-0.1, -0.05) is 56.1 Å². The zero-order valence-corrected chi connectivity index (χ0v) is 39.9. The summed E-state index contributed by atoms with van der Waals surface area (Å²) in [5, 5.41) is 21.2. The molecule has 15 heteroatoms. The SMILES string of the molecule is CC(C)(C)[Si](C)(C)OCCn1c(=O)n([C@H]2CC[C@H](n3ncc(Cl)c(Cl)c3=O)CC2)c2ccccc21.O=C([O-])[O-].[Cs+].[Cs+]. The Morgan fingerprint density at radius 2 is 1.54 bits per heavy atom. The summed E-state index contributed by atoms with van der Waals surface area (Å²) in [6, 6.07) is 7.96. The molecular weight excluding hydrogens is 829 g/mol. The Morgan fingerprint density at radius 3 is 2.07 bits per heavy atom. The summed E-state index contributed by atoms with van der Waals surface area (Å²) in [6.07, 6.45) is 2.09. The average molecular weight is 863 g/mol. The van der Waals surface area contributed by atoms with Gasteiger partial charge in [0.25, 0.3) is 5.56 Å². The largest absolute Gasteiger partial charge is 1.00 e. The van der Waals surface area contributed by atoms with Gasteiger partial charge >= 0.3 is 143 Å². The number of fused-ring (bicyclic) bond motifs is 1. The zero-order valence-electron chi connectivity index (χ0n) is 24.8. The summed E-state index contributed by atoms with van der Waals surface area (Å²) in [7, 11) is -1.89.